The quantitative estimate of drug-likeness (QED) is 0.299. The number of rotatable bonds is 4. The van der Waals surface area contributed by atoms with Crippen LogP contribution in [0.25, 0.3) is 32.9 Å². The van der Waals surface area contributed by atoms with Crippen LogP contribution in [0.1, 0.15) is 16.1 Å². The molecule has 2 heterocycles. The number of para-hydroxylation sites is 2. The van der Waals surface area contributed by atoms with Crippen molar-refractivity contribution in [1.29, 1.82) is 0 Å². The fraction of sp³-hybridized carbons (Fsp3) is 0.0870. The topological polar surface area (TPSA) is 61.8 Å². The number of carbonyl (C=O) groups excluding carboxylic acids is 1. The highest BCUT2D eigenvalue weighted by molar-refractivity contribution is 6.05. The van der Waals surface area contributed by atoms with Crippen LogP contribution in [0.4, 0.5) is 0 Å². The van der Waals surface area contributed by atoms with E-state index < -0.39 is 5.97 Å². The standard InChI is InChI=1S/C23H16O5/c1-25-13-18-16-7-3-5-9-20(16)28-22(18)23(24)26-14-10-11-21-17(12-14)15-6-2-4-8-19(15)27-21/h2-12H,13H2,1H3. The lowest BCUT2D eigenvalue weighted by Gasteiger charge is -2.04. The molecule has 0 amide bonds. The van der Waals surface area contributed by atoms with Crippen LogP contribution in [0.15, 0.2) is 75.6 Å². The smallest absolute Gasteiger partial charge is 0.380 e. The van der Waals surface area contributed by atoms with Gasteiger partial charge in [-0.2, -0.15) is 0 Å². The second-order valence-corrected chi connectivity index (χ2v) is 6.48. The molecule has 0 saturated carbocycles. The molecule has 5 heteroatoms. The molecular weight excluding hydrogens is 356 g/mol. The highest BCUT2D eigenvalue weighted by Crippen LogP contribution is 2.32. The van der Waals surface area contributed by atoms with Gasteiger partial charge < -0.3 is 18.3 Å². The zero-order valence-corrected chi connectivity index (χ0v) is 15.1. The number of hydrogen-bond acceptors (Lipinski definition) is 5. The fourth-order valence-corrected chi connectivity index (χ4v) is 3.47. The van der Waals surface area contributed by atoms with Crippen LogP contribution in [0.3, 0.4) is 0 Å². The van der Waals surface area contributed by atoms with Gasteiger partial charge in [-0.1, -0.05) is 36.4 Å². The van der Waals surface area contributed by atoms with Gasteiger partial charge in [-0.15, -0.1) is 0 Å². The van der Waals surface area contributed by atoms with Gasteiger partial charge in [-0.05, 0) is 30.3 Å². The van der Waals surface area contributed by atoms with Gasteiger partial charge in [-0.25, -0.2) is 4.79 Å². The second kappa shape index (κ2) is 6.55. The van der Waals surface area contributed by atoms with E-state index in [1.807, 2.05) is 48.5 Å². The summed E-state index contributed by atoms with van der Waals surface area (Å²) in [5, 5.41) is 2.70. The summed E-state index contributed by atoms with van der Waals surface area (Å²) < 4.78 is 22.4. The molecular formula is C23H16O5. The average Bonchev–Trinajstić information content (AvgIpc) is 3.27. The molecule has 0 aliphatic carbocycles. The van der Waals surface area contributed by atoms with E-state index >= 15 is 0 Å². The summed E-state index contributed by atoms with van der Waals surface area (Å²) in [4.78, 5) is 12.8. The number of benzene rings is 3. The van der Waals surface area contributed by atoms with E-state index in [0.29, 0.717) is 16.9 Å². The Bertz CT molecular complexity index is 1330. The van der Waals surface area contributed by atoms with Crippen molar-refractivity contribution in [3.05, 3.63) is 78.1 Å². The monoisotopic (exact) mass is 372 g/mol. The lowest BCUT2D eigenvalue weighted by molar-refractivity contribution is 0.0697. The van der Waals surface area contributed by atoms with Gasteiger partial charge in [0.1, 0.15) is 22.5 Å². The van der Waals surface area contributed by atoms with Crippen LogP contribution in [0.5, 0.6) is 5.75 Å². The first kappa shape index (κ1) is 16.6. The molecule has 0 radical (unpaired) electrons. The summed E-state index contributed by atoms with van der Waals surface area (Å²) in [5.41, 5.74) is 2.83. The zero-order chi connectivity index (χ0) is 19.1. The van der Waals surface area contributed by atoms with Crippen LogP contribution in [0.2, 0.25) is 0 Å². The highest BCUT2D eigenvalue weighted by atomic mass is 16.5. The van der Waals surface area contributed by atoms with Crippen molar-refractivity contribution in [1.82, 2.24) is 0 Å². The zero-order valence-electron chi connectivity index (χ0n) is 15.1. The van der Waals surface area contributed by atoms with E-state index in [1.54, 1.807) is 25.3 Å². The van der Waals surface area contributed by atoms with Gasteiger partial charge in [0.25, 0.3) is 0 Å². The largest absolute Gasteiger partial charge is 0.456 e. The third kappa shape index (κ3) is 2.64. The second-order valence-electron chi connectivity index (χ2n) is 6.48. The number of methoxy groups -OCH3 is 1. The number of fused-ring (bicyclic) bond motifs is 4. The molecule has 2 aromatic heterocycles. The van der Waals surface area contributed by atoms with Gasteiger partial charge in [0, 0.05) is 28.8 Å². The number of furan rings is 2. The van der Waals surface area contributed by atoms with E-state index in [-0.39, 0.29) is 12.4 Å². The maximum atomic E-state index is 12.8. The third-order valence-corrected chi connectivity index (χ3v) is 4.73. The summed E-state index contributed by atoms with van der Waals surface area (Å²) in [6.07, 6.45) is 0. The summed E-state index contributed by atoms with van der Waals surface area (Å²) in [6, 6.07) is 20.5. The molecule has 0 unspecified atom stereocenters. The predicted octanol–water partition coefficient (Wildman–Crippen LogP) is 5.70. The summed E-state index contributed by atoms with van der Waals surface area (Å²) in [6.45, 7) is 0.257. The van der Waals surface area contributed by atoms with Gasteiger partial charge in [-0.3, -0.25) is 0 Å². The maximum Gasteiger partial charge on any atom is 0.380 e. The Labute approximate surface area is 160 Å². The highest BCUT2D eigenvalue weighted by Gasteiger charge is 2.22. The van der Waals surface area contributed by atoms with Crippen molar-refractivity contribution in [2.24, 2.45) is 0 Å². The summed E-state index contributed by atoms with van der Waals surface area (Å²) in [5.74, 6) is 0.0171. The molecule has 0 spiro atoms. The third-order valence-electron chi connectivity index (χ3n) is 4.73. The van der Waals surface area contributed by atoms with E-state index in [0.717, 1.165) is 27.3 Å². The van der Waals surface area contributed by atoms with Gasteiger partial charge >= 0.3 is 5.97 Å². The lowest BCUT2D eigenvalue weighted by Crippen LogP contribution is -2.10. The van der Waals surface area contributed by atoms with Crippen LogP contribution in [-0.4, -0.2) is 13.1 Å². The molecule has 138 valence electrons. The number of hydrogen-bond donors (Lipinski definition) is 0. The minimum atomic E-state index is -0.560. The Balaban J connectivity index is 1.54. The summed E-state index contributed by atoms with van der Waals surface area (Å²) in [7, 11) is 1.58. The van der Waals surface area contributed by atoms with Crippen molar-refractivity contribution in [2.45, 2.75) is 6.61 Å². The van der Waals surface area contributed by atoms with E-state index in [2.05, 4.69) is 0 Å². The van der Waals surface area contributed by atoms with Gasteiger partial charge in [0.15, 0.2) is 0 Å². The first-order chi connectivity index (χ1) is 13.7. The molecule has 0 aliphatic heterocycles. The molecule has 0 saturated heterocycles. The molecule has 5 rings (SSSR count). The number of esters is 1. The molecule has 0 N–H and O–H groups in total. The molecule has 0 atom stereocenters. The molecule has 28 heavy (non-hydrogen) atoms. The Morgan fingerprint density at radius 1 is 0.821 bits per heavy atom. The van der Waals surface area contributed by atoms with E-state index in [1.165, 1.54) is 0 Å². The Morgan fingerprint density at radius 2 is 1.50 bits per heavy atom. The van der Waals surface area contributed by atoms with Crippen LogP contribution < -0.4 is 4.74 Å². The first-order valence-corrected chi connectivity index (χ1v) is 8.87. The summed E-state index contributed by atoms with van der Waals surface area (Å²) >= 11 is 0. The molecule has 5 nitrogen and oxygen atoms in total. The Morgan fingerprint density at radius 3 is 2.29 bits per heavy atom. The number of ether oxygens (including phenoxy) is 2. The van der Waals surface area contributed by atoms with Crippen molar-refractivity contribution in [2.75, 3.05) is 7.11 Å². The van der Waals surface area contributed by atoms with Crippen LogP contribution in [0, 0.1) is 0 Å². The Hall–Kier alpha value is -3.57. The lowest BCUT2D eigenvalue weighted by atomic mass is 10.1. The molecule has 3 aromatic carbocycles. The minimum absolute atomic E-state index is 0.153. The van der Waals surface area contributed by atoms with Crippen molar-refractivity contribution < 1.29 is 23.1 Å². The van der Waals surface area contributed by atoms with Crippen molar-refractivity contribution in [3.63, 3.8) is 0 Å². The van der Waals surface area contributed by atoms with Crippen LogP contribution in [-0.2, 0) is 11.3 Å². The predicted molar refractivity (Wildman–Crippen MR) is 106 cm³/mol. The van der Waals surface area contributed by atoms with E-state index in [9.17, 15) is 4.79 Å². The average molecular weight is 372 g/mol. The number of carbonyl (C=O) groups is 1. The normalized spacial score (nSPS) is 11.5. The maximum absolute atomic E-state index is 12.8. The minimum Gasteiger partial charge on any atom is -0.456 e. The molecule has 0 fully saturated rings. The van der Waals surface area contributed by atoms with Gasteiger partial charge in [0.2, 0.25) is 5.76 Å². The van der Waals surface area contributed by atoms with Crippen LogP contribution >= 0.6 is 0 Å². The Kier molecular flexibility index (Phi) is 3.88. The van der Waals surface area contributed by atoms with Crippen molar-refractivity contribution >= 4 is 38.9 Å². The van der Waals surface area contributed by atoms with Gasteiger partial charge in [0.05, 0.1) is 6.61 Å². The van der Waals surface area contributed by atoms with Crippen molar-refractivity contribution in [3.8, 4) is 5.75 Å². The fourth-order valence-electron chi connectivity index (χ4n) is 3.47. The molecule has 0 bridgehead atoms. The molecule has 5 aromatic rings. The molecule has 0 aliphatic rings. The van der Waals surface area contributed by atoms with E-state index in [4.69, 9.17) is 18.3 Å². The first-order valence-electron chi connectivity index (χ1n) is 8.87. The SMILES string of the molecule is COCc1c(C(=O)Oc2ccc3oc4ccccc4c3c2)oc2ccccc12.